The summed E-state index contributed by atoms with van der Waals surface area (Å²) in [5.74, 6) is -0.785. The fraction of sp³-hybridized carbons (Fsp3) is 0.263. The molecule has 1 atom stereocenters. The van der Waals surface area contributed by atoms with E-state index in [2.05, 4.69) is 17.1 Å². The largest absolute Gasteiger partial charge is 0.465 e. The number of benzene rings is 1. The molecule has 0 aliphatic heterocycles. The highest BCUT2D eigenvalue weighted by Gasteiger charge is 2.28. The molecule has 1 aromatic heterocycles. The summed E-state index contributed by atoms with van der Waals surface area (Å²) in [5, 5.41) is 3.77. The van der Waals surface area contributed by atoms with Gasteiger partial charge in [0, 0.05) is 16.0 Å². The van der Waals surface area contributed by atoms with Gasteiger partial charge in [0.1, 0.15) is 10.9 Å². The number of carbonyl (C=O) groups excluding carboxylic acids is 1. The monoisotopic (exact) mass is 393 g/mol. The molecular formula is C19H17Cl2NO2S. The number of aromatic nitrogens is 1. The second-order valence-electron chi connectivity index (χ2n) is 5.57. The topological polar surface area (TPSA) is 39.2 Å². The van der Waals surface area contributed by atoms with Crippen molar-refractivity contribution in [2.24, 2.45) is 0 Å². The third-order valence-corrected chi connectivity index (χ3v) is 5.30. The van der Waals surface area contributed by atoms with Gasteiger partial charge in [-0.1, -0.05) is 41.4 Å². The predicted octanol–water partition coefficient (Wildman–Crippen LogP) is 6.04. The van der Waals surface area contributed by atoms with Crippen molar-refractivity contribution in [3.05, 3.63) is 63.1 Å². The predicted molar refractivity (Wildman–Crippen MR) is 103 cm³/mol. The number of ether oxygens (including phenoxy) is 1. The summed E-state index contributed by atoms with van der Waals surface area (Å²) in [4.78, 5) is 17.2. The first-order valence-corrected chi connectivity index (χ1v) is 9.67. The lowest BCUT2D eigenvalue weighted by Gasteiger charge is -2.17. The quantitative estimate of drug-likeness (QED) is 0.581. The van der Waals surface area contributed by atoms with Crippen LogP contribution >= 0.6 is 34.5 Å². The minimum absolute atomic E-state index is 0.278. The van der Waals surface area contributed by atoms with E-state index in [1.54, 1.807) is 19.1 Å². The molecule has 0 saturated heterocycles. The van der Waals surface area contributed by atoms with Crippen LogP contribution in [0.4, 0.5) is 0 Å². The van der Waals surface area contributed by atoms with Gasteiger partial charge in [0.2, 0.25) is 0 Å². The number of nitrogens with zero attached hydrogens (tertiary/aromatic N) is 1. The van der Waals surface area contributed by atoms with Gasteiger partial charge in [0.05, 0.1) is 17.3 Å². The summed E-state index contributed by atoms with van der Waals surface area (Å²) in [5.41, 5.74) is 2.42. The molecule has 1 heterocycles. The fourth-order valence-corrected chi connectivity index (χ4v) is 4.14. The van der Waals surface area contributed by atoms with Crippen molar-refractivity contribution in [3.63, 3.8) is 0 Å². The van der Waals surface area contributed by atoms with Crippen LogP contribution in [0.15, 0.2) is 47.4 Å². The zero-order valence-electron chi connectivity index (χ0n) is 13.7. The van der Waals surface area contributed by atoms with Crippen LogP contribution < -0.4 is 0 Å². The van der Waals surface area contributed by atoms with Gasteiger partial charge in [-0.05, 0) is 43.5 Å². The molecule has 0 amide bonds. The molecule has 0 spiro atoms. The van der Waals surface area contributed by atoms with E-state index >= 15 is 0 Å². The third-order valence-electron chi connectivity index (χ3n) is 3.86. The molecule has 130 valence electrons. The smallest absolute Gasteiger partial charge is 0.319 e. The van der Waals surface area contributed by atoms with Crippen LogP contribution in [0.1, 0.15) is 31.4 Å². The van der Waals surface area contributed by atoms with E-state index in [0.29, 0.717) is 22.3 Å². The lowest BCUT2D eigenvalue weighted by atomic mass is 9.92. The Labute approximate surface area is 160 Å². The Morgan fingerprint density at radius 3 is 2.88 bits per heavy atom. The Bertz CT molecular complexity index is 842. The Balaban J connectivity index is 1.97. The molecule has 0 bridgehead atoms. The highest BCUT2D eigenvalue weighted by Crippen LogP contribution is 2.36. The first kappa shape index (κ1) is 18.2. The number of hydrogen-bond donors (Lipinski definition) is 0. The second kappa shape index (κ2) is 8.17. The summed E-state index contributed by atoms with van der Waals surface area (Å²) in [6.07, 6.45) is 8.05. The average molecular weight is 394 g/mol. The minimum atomic E-state index is -0.507. The SMILES string of the molecule is CCOC(=O)C(C1=CCCC=C1)c1csc(-c2ccc(Cl)cc2Cl)n1. The van der Waals surface area contributed by atoms with E-state index in [1.165, 1.54) is 11.3 Å². The van der Waals surface area contributed by atoms with Crippen LogP contribution in [0, 0.1) is 0 Å². The van der Waals surface area contributed by atoms with Gasteiger partial charge in [0.15, 0.2) is 0 Å². The van der Waals surface area contributed by atoms with Crippen molar-refractivity contribution in [1.82, 2.24) is 4.98 Å². The van der Waals surface area contributed by atoms with Gasteiger partial charge in [-0.2, -0.15) is 0 Å². The van der Waals surface area contributed by atoms with Gasteiger partial charge >= 0.3 is 5.97 Å². The summed E-state index contributed by atoms with van der Waals surface area (Å²) in [6, 6.07) is 5.31. The molecular weight excluding hydrogens is 377 g/mol. The second-order valence-corrected chi connectivity index (χ2v) is 7.27. The zero-order valence-corrected chi connectivity index (χ0v) is 16.0. The van der Waals surface area contributed by atoms with Crippen LogP contribution in [-0.2, 0) is 9.53 Å². The van der Waals surface area contributed by atoms with Gasteiger partial charge in [-0.15, -0.1) is 11.3 Å². The zero-order chi connectivity index (χ0) is 17.8. The van der Waals surface area contributed by atoms with E-state index in [1.807, 2.05) is 17.5 Å². The van der Waals surface area contributed by atoms with Crippen molar-refractivity contribution in [1.29, 1.82) is 0 Å². The number of hydrogen-bond acceptors (Lipinski definition) is 4. The summed E-state index contributed by atoms with van der Waals surface area (Å²) in [7, 11) is 0. The number of esters is 1. The molecule has 3 rings (SSSR count). The van der Waals surface area contributed by atoms with Gasteiger partial charge in [-0.3, -0.25) is 4.79 Å². The molecule has 0 radical (unpaired) electrons. The summed E-state index contributed by atoms with van der Waals surface area (Å²) < 4.78 is 5.27. The van der Waals surface area contributed by atoms with Gasteiger partial charge in [-0.25, -0.2) is 4.98 Å². The number of allylic oxidation sites excluding steroid dienone is 3. The lowest BCUT2D eigenvalue weighted by molar-refractivity contribution is -0.143. The molecule has 0 N–H and O–H groups in total. The molecule has 25 heavy (non-hydrogen) atoms. The van der Waals surface area contributed by atoms with Crippen molar-refractivity contribution in [2.75, 3.05) is 6.61 Å². The van der Waals surface area contributed by atoms with Crippen LogP contribution in [0.2, 0.25) is 10.0 Å². The maximum atomic E-state index is 12.5. The molecule has 0 fully saturated rings. The first-order valence-electron chi connectivity index (χ1n) is 8.04. The highest BCUT2D eigenvalue weighted by atomic mass is 35.5. The van der Waals surface area contributed by atoms with E-state index < -0.39 is 5.92 Å². The number of halogens is 2. The van der Waals surface area contributed by atoms with Crippen LogP contribution in [-0.4, -0.2) is 17.6 Å². The van der Waals surface area contributed by atoms with Crippen molar-refractivity contribution in [3.8, 4) is 10.6 Å². The van der Waals surface area contributed by atoms with Crippen LogP contribution in [0.5, 0.6) is 0 Å². The molecule has 3 nitrogen and oxygen atoms in total. The lowest BCUT2D eigenvalue weighted by Crippen LogP contribution is -2.18. The number of rotatable bonds is 5. The summed E-state index contributed by atoms with van der Waals surface area (Å²) >= 11 is 13.7. The van der Waals surface area contributed by atoms with Crippen molar-refractivity contribution >= 4 is 40.5 Å². The molecule has 1 aliphatic rings. The molecule has 1 unspecified atom stereocenters. The van der Waals surface area contributed by atoms with Gasteiger partial charge in [0.25, 0.3) is 0 Å². The number of thiazole rings is 1. The van der Waals surface area contributed by atoms with Crippen molar-refractivity contribution in [2.45, 2.75) is 25.7 Å². The van der Waals surface area contributed by atoms with Crippen LogP contribution in [0.3, 0.4) is 0 Å². The fourth-order valence-electron chi connectivity index (χ4n) is 2.71. The summed E-state index contributed by atoms with van der Waals surface area (Å²) in [6.45, 7) is 2.15. The average Bonchev–Trinajstić information content (AvgIpc) is 3.05. The van der Waals surface area contributed by atoms with E-state index in [4.69, 9.17) is 27.9 Å². The highest BCUT2D eigenvalue weighted by molar-refractivity contribution is 7.13. The first-order chi connectivity index (χ1) is 12.1. The third kappa shape index (κ3) is 4.14. The number of carbonyl (C=O) groups is 1. The van der Waals surface area contributed by atoms with Crippen molar-refractivity contribution < 1.29 is 9.53 Å². The van der Waals surface area contributed by atoms with E-state index in [-0.39, 0.29) is 5.97 Å². The molecule has 1 aromatic carbocycles. The normalized spacial score (nSPS) is 14.9. The standard InChI is InChI=1S/C19H17Cl2NO2S/c1-2-24-19(23)17(12-6-4-3-5-7-12)16-11-25-18(22-16)14-9-8-13(20)10-15(14)21/h4,6-11,17H,2-3,5H2,1H3. The maximum Gasteiger partial charge on any atom is 0.319 e. The minimum Gasteiger partial charge on any atom is -0.465 e. The van der Waals surface area contributed by atoms with Crippen LogP contribution in [0.25, 0.3) is 10.6 Å². The molecule has 2 aromatic rings. The Kier molecular flexibility index (Phi) is 5.94. The Morgan fingerprint density at radius 2 is 2.20 bits per heavy atom. The molecule has 1 aliphatic carbocycles. The van der Waals surface area contributed by atoms with Gasteiger partial charge < -0.3 is 4.74 Å². The van der Waals surface area contributed by atoms with E-state index in [9.17, 15) is 4.79 Å². The molecule has 6 heteroatoms. The Hall–Kier alpha value is -1.62. The Morgan fingerprint density at radius 1 is 1.36 bits per heavy atom. The van der Waals surface area contributed by atoms with E-state index in [0.717, 1.165) is 29.0 Å². The molecule has 0 saturated carbocycles. The maximum absolute atomic E-state index is 12.5.